The van der Waals surface area contributed by atoms with Crippen molar-refractivity contribution < 1.29 is 19.0 Å². The van der Waals surface area contributed by atoms with Crippen molar-refractivity contribution in [2.75, 3.05) is 6.54 Å². The molecule has 6 nitrogen and oxygen atoms in total. The zero-order valence-electron chi connectivity index (χ0n) is 8.50. The number of nitrogens with two attached hydrogens (primary N) is 1. The molecule has 0 heterocycles. The van der Waals surface area contributed by atoms with E-state index in [2.05, 4.69) is 11.5 Å². The predicted octanol–water partition coefficient (Wildman–Crippen LogP) is 1.29. The van der Waals surface area contributed by atoms with Crippen molar-refractivity contribution in [2.24, 2.45) is 5.73 Å². The van der Waals surface area contributed by atoms with E-state index in [-0.39, 0.29) is 0 Å². The van der Waals surface area contributed by atoms with Gasteiger partial charge in [0.15, 0.2) is 0 Å². The molecule has 0 aliphatic rings. The number of aliphatic carboxylic acids is 1. The van der Waals surface area contributed by atoms with Crippen LogP contribution < -0.4 is 5.73 Å². The van der Waals surface area contributed by atoms with E-state index in [1.807, 2.05) is 0 Å². The second kappa shape index (κ2) is 9.62. The summed E-state index contributed by atoms with van der Waals surface area (Å²) in [5, 5.41) is 8.93. The molecule has 0 radical (unpaired) electrons. The van der Waals surface area contributed by atoms with Gasteiger partial charge in [0.1, 0.15) is 0 Å². The van der Waals surface area contributed by atoms with Crippen molar-refractivity contribution in [2.45, 2.75) is 25.3 Å². The van der Waals surface area contributed by atoms with Crippen LogP contribution >= 0.6 is 15.8 Å². The van der Waals surface area contributed by atoms with E-state index in [4.69, 9.17) is 10.8 Å². The molecule has 88 valence electrons. The van der Waals surface area contributed by atoms with Gasteiger partial charge in [-0.05, 0) is 0 Å². The molecule has 0 aliphatic carbocycles. The molecular weight excluding hydrogens is 250 g/mol. The van der Waals surface area contributed by atoms with Crippen molar-refractivity contribution in [1.29, 1.82) is 0 Å². The number of carboxylic acids is 1. The number of unbranched alkanes of at least 4 members (excludes halogenated alkanes) is 1. The Morgan fingerprint density at radius 1 is 1.31 bits per heavy atom. The van der Waals surface area contributed by atoms with Crippen molar-refractivity contribution in [3.8, 4) is 11.5 Å². The summed E-state index contributed by atoms with van der Waals surface area (Å²) in [6, 6.07) is -0.963. The summed E-state index contributed by atoms with van der Waals surface area (Å²) in [7, 11) is -0.962. The van der Waals surface area contributed by atoms with Gasteiger partial charge in [-0.2, -0.15) is 0 Å². The quantitative estimate of drug-likeness (QED) is 0.425. The number of carboxylic acid groups (broad SMARTS) is 1. The van der Waals surface area contributed by atoms with Crippen LogP contribution in [0.4, 0.5) is 0 Å². The van der Waals surface area contributed by atoms with Crippen molar-refractivity contribution in [3.05, 3.63) is 0 Å². The van der Waals surface area contributed by atoms with Crippen LogP contribution in [0.2, 0.25) is 0 Å². The second-order valence-corrected chi connectivity index (χ2v) is 3.66. The average molecular weight is 262 g/mol. The first-order valence-electron chi connectivity index (χ1n) is 4.55. The third kappa shape index (κ3) is 6.09. The molecule has 0 aromatic heterocycles. The van der Waals surface area contributed by atoms with Crippen LogP contribution in [0.25, 0.3) is 0 Å². The molecule has 0 aliphatic heterocycles. The fourth-order valence-corrected chi connectivity index (χ4v) is 1.73. The van der Waals surface area contributed by atoms with Crippen LogP contribution in [-0.2, 0) is 13.9 Å². The third-order valence-corrected chi connectivity index (χ3v) is 2.42. The molecule has 0 rings (SSSR count). The molecule has 16 heavy (non-hydrogen) atoms. The molecule has 0 saturated carbocycles. The first-order valence-corrected chi connectivity index (χ1v) is 6.18. The standard InChI is InChI=1S/C8H12N2O4P2/c9-4-2-1-3-7(8(11)12)10(5-15-13)6-16-14/h7H,1-4,9H2,(H,11,12)/t7-/m0/s1. The molecule has 0 fully saturated rings. The van der Waals surface area contributed by atoms with Crippen LogP contribution in [-0.4, -0.2) is 28.6 Å². The van der Waals surface area contributed by atoms with Gasteiger partial charge < -0.3 is 0 Å². The summed E-state index contributed by atoms with van der Waals surface area (Å²) in [6.45, 7) is 0.479. The number of rotatable bonds is 6. The van der Waals surface area contributed by atoms with Crippen LogP contribution in [0.5, 0.6) is 0 Å². The first-order chi connectivity index (χ1) is 7.67. The van der Waals surface area contributed by atoms with E-state index in [0.717, 1.165) is 4.90 Å². The zero-order valence-corrected chi connectivity index (χ0v) is 10.3. The molecule has 8 heteroatoms. The average Bonchev–Trinajstić information content (AvgIpc) is 2.24. The van der Waals surface area contributed by atoms with E-state index in [1.165, 1.54) is 0 Å². The van der Waals surface area contributed by atoms with Crippen molar-refractivity contribution in [1.82, 2.24) is 4.90 Å². The van der Waals surface area contributed by atoms with Gasteiger partial charge in [0.25, 0.3) is 0 Å². The van der Waals surface area contributed by atoms with E-state index in [9.17, 15) is 13.9 Å². The van der Waals surface area contributed by atoms with E-state index in [1.54, 1.807) is 0 Å². The molecule has 0 aromatic carbocycles. The molecule has 0 saturated heterocycles. The number of carbonyl (C=O) groups is 1. The number of hydrogen-bond donors (Lipinski definition) is 2. The second-order valence-electron chi connectivity index (χ2n) is 2.89. The Balaban J connectivity index is 4.73. The Morgan fingerprint density at radius 3 is 2.25 bits per heavy atom. The molecule has 0 bridgehead atoms. The molecule has 0 unspecified atom stereocenters. The third-order valence-electron chi connectivity index (χ3n) is 1.83. The van der Waals surface area contributed by atoms with Crippen LogP contribution in [0, 0.1) is 11.5 Å². The number of nitrogens with zero attached hydrogens (tertiary/aromatic N) is 1. The van der Waals surface area contributed by atoms with Crippen molar-refractivity contribution >= 4 is 21.8 Å². The Morgan fingerprint density at radius 2 is 1.88 bits per heavy atom. The van der Waals surface area contributed by atoms with Gasteiger partial charge in [-0.15, -0.1) is 0 Å². The van der Waals surface area contributed by atoms with Crippen LogP contribution in [0.3, 0.4) is 0 Å². The topological polar surface area (TPSA) is 101 Å². The SMILES string of the molecule is NCCCC[C@@H](C(=O)O)N(C#P=O)C#P=O. The van der Waals surface area contributed by atoms with Gasteiger partial charge in [0.2, 0.25) is 0 Å². The Hall–Kier alpha value is -0.590. The molecule has 0 spiro atoms. The fraction of sp³-hybridized carbons (Fsp3) is 0.625. The summed E-state index contributed by atoms with van der Waals surface area (Å²) in [5.74, 6) is 3.32. The van der Waals surface area contributed by atoms with E-state index in [0.29, 0.717) is 25.8 Å². The minimum atomic E-state index is -1.11. The monoisotopic (exact) mass is 262 g/mol. The van der Waals surface area contributed by atoms with Crippen LogP contribution in [0.1, 0.15) is 19.3 Å². The summed E-state index contributed by atoms with van der Waals surface area (Å²) in [6.07, 6.45) is 1.61. The fourth-order valence-electron chi connectivity index (χ4n) is 1.09. The first kappa shape index (κ1) is 15.4. The van der Waals surface area contributed by atoms with Gasteiger partial charge in [0, 0.05) is 0 Å². The summed E-state index contributed by atoms with van der Waals surface area (Å²) in [5.41, 5.74) is 5.29. The minimum absolute atomic E-state index is 0.303. The summed E-state index contributed by atoms with van der Waals surface area (Å²) in [4.78, 5) is 11.9. The van der Waals surface area contributed by atoms with Gasteiger partial charge >= 0.3 is 94.8 Å². The Bertz CT molecular complexity index is 399. The Kier molecular flexibility index (Phi) is 9.27. The Labute approximate surface area is 95.4 Å². The normalized spacial score (nSPS) is 11.4. The molecule has 3 N–H and O–H groups in total. The molecular formula is C8H12N2O4P2. The number of hydrogen-bond acceptors (Lipinski definition) is 5. The van der Waals surface area contributed by atoms with E-state index < -0.39 is 27.8 Å². The van der Waals surface area contributed by atoms with Gasteiger partial charge in [-0.1, -0.05) is 0 Å². The van der Waals surface area contributed by atoms with Crippen molar-refractivity contribution in [3.63, 3.8) is 0 Å². The maximum absolute atomic E-state index is 10.9. The maximum atomic E-state index is 10.9. The molecule has 1 atom stereocenters. The van der Waals surface area contributed by atoms with E-state index >= 15 is 0 Å². The van der Waals surface area contributed by atoms with Gasteiger partial charge in [-0.25, -0.2) is 0 Å². The molecule has 0 aromatic rings. The summed E-state index contributed by atoms with van der Waals surface area (Å²) >= 11 is 0. The predicted molar refractivity (Wildman–Crippen MR) is 59.2 cm³/mol. The van der Waals surface area contributed by atoms with Gasteiger partial charge in [0.05, 0.1) is 0 Å². The van der Waals surface area contributed by atoms with Crippen LogP contribution in [0.15, 0.2) is 0 Å². The zero-order chi connectivity index (χ0) is 12.4. The summed E-state index contributed by atoms with van der Waals surface area (Å²) < 4.78 is 20.7. The molecule has 0 amide bonds. The van der Waals surface area contributed by atoms with Gasteiger partial charge in [-0.3, -0.25) is 0 Å².